The SMILES string of the molecule is Br.Br.Br.Br.Br.[Ta]. The molecule has 0 aliphatic rings. The van der Waals surface area contributed by atoms with Gasteiger partial charge in [0.1, 0.15) is 0 Å². The number of rotatable bonds is 0. The van der Waals surface area contributed by atoms with Crippen LogP contribution in [0.4, 0.5) is 0 Å². The minimum atomic E-state index is 0. The predicted molar refractivity (Wildman–Crippen MR) is 51.6 cm³/mol. The summed E-state index contributed by atoms with van der Waals surface area (Å²) in [6, 6.07) is 0. The smallest absolute Gasteiger partial charge is 0 e. The summed E-state index contributed by atoms with van der Waals surface area (Å²) >= 11 is 0. The summed E-state index contributed by atoms with van der Waals surface area (Å²) in [6.07, 6.45) is 0. The molecule has 0 nitrogen and oxygen atoms in total. The van der Waals surface area contributed by atoms with E-state index in [1.54, 1.807) is 0 Å². The first-order chi connectivity index (χ1) is 0. The normalized spacial score (nSPS) is 0. The van der Waals surface area contributed by atoms with Gasteiger partial charge in [0.05, 0.1) is 0 Å². The predicted octanol–water partition coefficient (Wildman–Crippen LogP) is 2.89. The van der Waals surface area contributed by atoms with Gasteiger partial charge >= 0.3 is 0 Å². The molecule has 0 aromatic carbocycles. The molecule has 0 aromatic heterocycles. The third kappa shape index (κ3) is 27.3. The van der Waals surface area contributed by atoms with Gasteiger partial charge in [-0.05, 0) is 0 Å². The molecule has 0 fully saturated rings. The van der Waals surface area contributed by atoms with Gasteiger partial charge in [-0.1, -0.05) is 0 Å². The van der Waals surface area contributed by atoms with Crippen LogP contribution in [-0.2, 0) is 22.4 Å². The molecule has 6 heavy (non-hydrogen) atoms. The van der Waals surface area contributed by atoms with E-state index in [-0.39, 0.29) is 107 Å². The number of hydrogen-bond acceptors (Lipinski definition) is 0. The molecule has 0 spiro atoms. The Morgan fingerprint density at radius 3 is 0.333 bits per heavy atom. The topological polar surface area (TPSA) is 0 Å². The molecule has 0 saturated heterocycles. The maximum atomic E-state index is 0. The third-order valence-electron chi connectivity index (χ3n) is 0. The van der Waals surface area contributed by atoms with Crippen molar-refractivity contribution in [2.45, 2.75) is 0 Å². The largest absolute Gasteiger partial charge is 0.114 e. The minimum absolute atomic E-state index is 0. The molecule has 0 aromatic rings. The van der Waals surface area contributed by atoms with Gasteiger partial charge in [0.25, 0.3) is 0 Å². The Balaban J connectivity index is 0. The zero-order valence-corrected chi connectivity index (χ0v) is 14.3. The van der Waals surface area contributed by atoms with E-state index in [4.69, 9.17) is 0 Å². The van der Waals surface area contributed by atoms with E-state index in [9.17, 15) is 0 Å². The maximum absolute atomic E-state index is 0. The molecular formula is H5Br5Ta. The van der Waals surface area contributed by atoms with Crippen LogP contribution >= 0.6 is 84.9 Å². The van der Waals surface area contributed by atoms with Crippen LogP contribution in [0, 0.1) is 0 Å². The summed E-state index contributed by atoms with van der Waals surface area (Å²) in [5.74, 6) is 0. The third-order valence-corrected chi connectivity index (χ3v) is 0. The molecular weight excluding hydrogens is 580 g/mol. The molecule has 0 unspecified atom stereocenters. The molecule has 0 rings (SSSR count). The molecule has 1 radical (unpaired) electrons. The van der Waals surface area contributed by atoms with E-state index in [0.717, 1.165) is 0 Å². The molecule has 0 aliphatic carbocycles. The average Bonchev–Trinajstić information content (AvgIpc) is 0. The van der Waals surface area contributed by atoms with Crippen LogP contribution in [0.1, 0.15) is 0 Å². The second-order valence-corrected chi connectivity index (χ2v) is 0. The first-order valence-electron chi connectivity index (χ1n) is 0. The van der Waals surface area contributed by atoms with Crippen LogP contribution < -0.4 is 0 Å². The van der Waals surface area contributed by atoms with E-state index < -0.39 is 0 Å². The van der Waals surface area contributed by atoms with Gasteiger partial charge in [-0.2, -0.15) is 0 Å². The van der Waals surface area contributed by atoms with Crippen molar-refractivity contribution in [1.82, 2.24) is 0 Å². The zero-order valence-electron chi connectivity index (χ0n) is 2.49. The van der Waals surface area contributed by atoms with Crippen molar-refractivity contribution in [3.63, 3.8) is 0 Å². The molecule has 0 amide bonds. The van der Waals surface area contributed by atoms with Crippen LogP contribution in [-0.4, -0.2) is 0 Å². The number of hydrogen-bond donors (Lipinski definition) is 0. The molecule has 0 N–H and O–H groups in total. The Morgan fingerprint density at radius 1 is 0.333 bits per heavy atom. The zero-order chi connectivity index (χ0) is 0. The summed E-state index contributed by atoms with van der Waals surface area (Å²) in [5, 5.41) is 0. The van der Waals surface area contributed by atoms with Crippen LogP contribution in [0.5, 0.6) is 0 Å². The van der Waals surface area contributed by atoms with Crippen LogP contribution in [0.3, 0.4) is 0 Å². The van der Waals surface area contributed by atoms with Crippen molar-refractivity contribution in [3.05, 3.63) is 0 Å². The van der Waals surface area contributed by atoms with Gasteiger partial charge in [0, 0.05) is 22.4 Å². The average molecular weight is 586 g/mol. The molecule has 0 bridgehead atoms. The molecule has 0 atom stereocenters. The van der Waals surface area contributed by atoms with E-state index in [1.807, 2.05) is 0 Å². The fraction of sp³-hybridized carbons (Fsp3) is 0. The Hall–Kier alpha value is 3.14. The standard InChI is InChI=1S/5BrH.Ta/h5*1H;. The molecule has 0 aliphatic heterocycles. The van der Waals surface area contributed by atoms with Gasteiger partial charge in [-0.15, -0.1) is 84.9 Å². The van der Waals surface area contributed by atoms with Crippen LogP contribution in [0.15, 0.2) is 0 Å². The molecule has 0 heterocycles. The fourth-order valence-corrected chi connectivity index (χ4v) is 0. The van der Waals surface area contributed by atoms with Crippen molar-refractivity contribution in [2.75, 3.05) is 0 Å². The van der Waals surface area contributed by atoms with E-state index >= 15 is 0 Å². The summed E-state index contributed by atoms with van der Waals surface area (Å²) in [6.45, 7) is 0. The summed E-state index contributed by atoms with van der Waals surface area (Å²) < 4.78 is 0. The Labute approximate surface area is 106 Å². The molecule has 6 heteroatoms. The van der Waals surface area contributed by atoms with Crippen molar-refractivity contribution < 1.29 is 22.4 Å². The fourth-order valence-electron chi connectivity index (χ4n) is 0. The van der Waals surface area contributed by atoms with Gasteiger partial charge in [-0.3, -0.25) is 0 Å². The van der Waals surface area contributed by atoms with E-state index in [1.165, 1.54) is 0 Å². The summed E-state index contributed by atoms with van der Waals surface area (Å²) in [7, 11) is 0. The van der Waals surface area contributed by atoms with Crippen LogP contribution in [0.2, 0.25) is 0 Å². The summed E-state index contributed by atoms with van der Waals surface area (Å²) in [4.78, 5) is 0. The van der Waals surface area contributed by atoms with E-state index in [2.05, 4.69) is 0 Å². The molecule has 0 saturated carbocycles. The maximum Gasteiger partial charge on any atom is 0 e. The Kier molecular flexibility index (Phi) is 431. The van der Waals surface area contributed by atoms with Crippen molar-refractivity contribution >= 4 is 84.9 Å². The summed E-state index contributed by atoms with van der Waals surface area (Å²) in [5.41, 5.74) is 0. The van der Waals surface area contributed by atoms with Gasteiger partial charge < -0.3 is 0 Å². The van der Waals surface area contributed by atoms with E-state index in [0.29, 0.717) is 0 Å². The number of halogens is 5. The van der Waals surface area contributed by atoms with Gasteiger partial charge in [-0.25, -0.2) is 0 Å². The monoisotopic (exact) mass is 581 g/mol. The van der Waals surface area contributed by atoms with Gasteiger partial charge in [0.2, 0.25) is 0 Å². The quantitative estimate of drug-likeness (QED) is 0.411. The Bertz CT molecular complexity index is 3.90. The second-order valence-electron chi connectivity index (χ2n) is 0. The minimum Gasteiger partial charge on any atom is -0.114 e. The van der Waals surface area contributed by atoms with Crippen molar-refractivity contribution in [1.29, 1.82) is 0 Å². The first kappa shape index (κ1) is 61.4. The Morgan fingerprint density at radius 2 is 0.333 bits per heavy atom. The second kappa shape index (κ2) is 42.1. The van der Waals surface area contributed by atoms with Crippen molar-refractivity contribution in [3.8, 4) is 0 Å². The molecule has 45 valence electrons. The van der Waals surface area contributed by atoms with Crippen LogP contribution in [0.25, 0.3) is 0 Å². The first-order valence-corrected chi connectivity index (χ1v) is 0. The van der Waals surface area contributed by atoms with Crippen molar-refractivity contribution in [2.24, 2.45) is 0 Å². The van der Waals surface area contributed by atoms with Gasteiger partial charge in [0.15, 0.2) is 0 Å².